The van der Waals surface area contributed by atoms with Crippen LogP contribution in [0.5, 0.6) is 0 Å². The van der Waals surface area contributed by atoms with Crippen molar-refractivity contribution in [2.24, 2.45) is 0 Å². The molecule has 0 aromatic carbocycles. The summed E-state index contributed by atoms with van der Waals surface area (Å²) in [6.45, 7) is 5.71. The molecule has 0 aliphatic heterocycles. The lowest BCUT2D eigenvalue weighted by atomic mass is 10.4. The Morgan fingerprint density at radius 1 is 1.50 bits per heavy atom. The maximum absolute atomic E-state index is 10.9. The molecule has 0 radical (unpaired) electrons. The maximum Gasteiger partial charge on any atom is 0.348 e. The van der Waals surface area contributed by atoms with E-state index in [-0.39, 0.29) is 0 Å². The van der Waals surface area contributed by atoms with E-state index in [1.54, 1.807) is 6.07 Å². The van der Waals surface area contributed by atoms with E-state index < -0.39 is 20.4 Å². The van der Waals surface area contributed by atoms with Crippen LogP contribution in [0.25, 0.3) is 0 Å². The molecule has 0 bridgehead atoms. The summed E-state index contributed by atoms with van der Waals surface area (Å²) in [5, 5.41) is 8.54. The predicted molar refractivity (Wildman–Crippen MR) is 45.8 cm³/mol. The first-order chi connectivity index (χ1) is 5.40. The second-order valence-corrected chi connectivity index (χ2v) is 7.72. The van der Waals surface area contributed by atoms with Crippen LogP contribution in [0.15, 0.2) is 0 Å². The topological polar surface area (TPSA) is 59.3 Å². The van der Waals surface area contributed by atoms with Crippen molar-refractivity contribution in [1.82, 2.24) is 0 Å². The molecule has 0 aliphatic carbocycles. The lowest BCUT2D eigenvalue weighted by Gasteiger charge is -2.19. The lowest BCUT2D eigenvalue weighted by molar-refractivity contribution is -0.146. The highest BCUT2D eigenvalue weighted by molar-refractivity contribution is 6.69. The molecule has 0 aromatic rings. The van der Waals surface area contributed by atoms with Crippen LogP contribution in [-0.2, 0) is 14.0 Å². The van der Waals surface area contributed by atoms with Crippen LogP contribution in [-0.4, -0.2) is 27.5 Å². The molecule has 0 amide bonds. The van der Waals surface area contributed by atoms with Crippen LogP contribution < -0.4 is 0 Å². The Morgan fingerprint density at radius 3 is 2.25 bits per heavy atom. The van der Waals surface area contributed by atoms with Gasteiger partial charge in [-0.25, -0.2) is 4.79 Å². The maximum atomic E-state index is 10.9. The molecule has 0 aromatic heterocycles. The molecule has 12 heavy (non-hydrogen) atoms. The van der Waals surface area contributed by atoms with E-state index in [4.69, 9.17) is 9.69 Å². The Bertz CT molecular complexity index is 204. The molecule has 4 nitrogen and oxygen atoms in total. The largest absolute Gasteiger partial charge is 0.466 e. The number of esters is 1. The van der Waals surface area contributed by atoms with Gasteiger partial charge in [0.1, 0.15) is 6.07 Å². The van der Waals surface area contributed by atoms with Gasteiger partial charge in [-0.2, -0.15) is 5.26 Å². The van der Waals surface area contributed by atoms with Crippen LogP contribution in [0.3, 0.4) is 0 Å². The third-order valence-electron chi connectivity index (χ3n) is 1.00. The highest BCUT2D eigenvalue weighted by atomic mass is 28.4. The van der Waals surface area contributed by atoms with Crippen LogP contribution in [0.2, 0.25) is 19.6 Å². The summed E-state index contributed by atoms with van der Waals surface area (Å²) in [6, 6.07) is 1.75. The van der Waals surface area contributed by atoms with Crippen LogP contribution in [0.4, 0.5) is 0 Å². The highest BCUT2D eigenvalue weighted by Gasteiger charge is 2.26. The molecule has 0 fully saturated rings. The minimum Gasteiger partial charge on any atom is -0.466 e. The number of nitriles is 1. The smallest absolute Gasteiger partial charge is 0.348 e. The van der Waals surface area contributed by atoms with Crippen molar-refractivity contribution in [2.75, 3.05) is 7.11 Å². The number of hydrogen-bond donors (Lipinski definition) is 0. The molecule has 0 aliphatic rings. The fraction of sp³-hybridized carbons (Fsp3) is 0.714. The molecule has 0 saturated heterocycles. The zero-order valence-corrected chi connectivity index (χ0v) is 8.75. The molecule has 0 heterocycles. The van der Waals surface area contributed by atoms with Gasteiger partial charge >= 0.3 is 5.97 Å². The first-order valence-electron chi connectivity index (χ1n) is 3.56. The van der Waals surface area contributed by atoms with Crippen molar-refractivity contribution in [1.29, 1.82) is 5.26 Å². The van der Waals surface area contributed by atoms with Crippen molar-refractivity contribution < 1.29 is 14.0 Å². The number of rotatable bonds is 3. The predicted octanol–water partition coefficient (Wildman–Crippen LogP) is 0.903. The van der Waals surface area contributed by atoms with Gasteiger partial charge in [0.05, 0.1) is 7.11 Å². The summed E-state index contributed by atoms with van der Waals surface area (Å²) in [6.07, 6.45) is -1.07. The van der Waals surface area contributed by atoms with Gasteiger partial charge in [-0.3, -0.25) is 0 Å². The monoisotopic (exact) mass is 187 g/mol. The van der Waals surface area contributed by atoms with E-state index in [0.717, 1.165) is 0 Å². The fourth-order valence-corrected chi connectivity index (χ4v) is 1.44. The summed E-state index contributed by atoms with van der Waals surface area (Å²) < 4.78 is 9.63. The van der Waals surface area contributed by atoms with E-state index in [0.29, 0.717) is 0 Å². The number of hydrogen-bond acceptors (Lipinski definition) is 4. The van der Waals surface area contributed by atoms with E-state index in [1.165, 1.54) is 7.11 Å². The molecule has 0 spiro atoms. The van der Waals surface area contributed by atoms with Gasteiger partial charge in [-0.1, -0.05) is 0 Å². The molecule has 0 unspecified atom stereocenters. The molecule has 68 valence electrons. The Balaban J connectivity index is 4.22. The van der Waals surface area contributed by atoms with Crippen molar-refractivity contribution in [3.8, 4) is 6.07 Å². The highest BCUT2D eigenvalue weighted by Crippen LogP contribution is 2.07. The van der Waals surface area contributed by atoms with E-state index in [1.807, 2.05) is 19.6 Å². The van der Waals surface area contributed by atoms with Crippen LogP contribution >= 0.6 is 0 Å². The SMILES string of the molecule is COC(=O)[C@H](C#N)O[Si](C)(C)C. The fourth-order valence-electron chi connectivity index (χ4n) is 0.588. The van der Waals surface area contributed by atoms with E-state index in [9.17, 15) is 4.79 Å². The molecular weight excluding hydrogens is 174 g/mol. The number of carbonyl (C=O) groups is 1. The summed E-state index contributed by atoms with van der Waals surface area (Å²) in [7, 11) is -0.607. The number of nitrogens with zero attached hydrogens (tertiary/aromatic N) is 1. The van der Waals surface area contributed by atoms with E-state index in [2.05, 4.69) is 4.74 Å². The summed E-state index contributed by atoms with van der Waals surface area (Å²) in [4.78, 5) is 10.9. The molecule has 0 saturated carbocycles. The molecular formula is C7H13NO3Si. The third-order valence-corrected chi connectivity index (χ3v) is 1.95. The zero-order valence-electron chi connectivity index (χ0n) is 7.75. The van der Waals surface area contributed by atoms with Crippen LogP contribution in [0, 0.1) is 11.3 Å². The summed E-state index contributed by atoms with van der Waals surface area (Å²) in [5.41, 5.74) is 0. The number of methoxy groups -OCH3 is 1. The number of ether oxygens (including phenoxy) is 1. The quantitative estimate of drug-likeness (QED) is 0.486. The molecule has 0 N–H and O–H groups in total. The lowest BCUT2D eigenvalue weighted by Crippen LogP contribution is -2.36. The van der Waals surface area contributed by atoms with Gasteiger partial charge in [-0.05, 0) is 19.6 Å². The van der Waals surface area contributed by atoms with Crippen molar-refractivity contribution in [3.05, 3.63) is 0 Å². The molecule has 0 rings (SSSR count). The minimum absolute atomic E-state index is 0.625. The Morgan fingerprint density at radius 2 is 2.00 bits per heavy atom. The van der Waals surface area contributed by atoms with Crippen molar-refractivity contribution in [3.63, 3.8) is 0 Å². The first kappa shape index (κ1) is 11.1. The van der Waals surface area contributed by atoms with Gasteiger partial charge in [0.25, 0.3) is 0 Å². The first-order valence-corrected chi connectivity index (χ1v) is 6.97. The average molecular weight is 187 g/mol. The standard InChI is InChI=1S/C7H13NO3Si/c1-10-7(9)6(5-8)11-12(2,3)4/h6H,1-4H3/t6-/m0/s1. The second kappa shape index (κ2) is 4.23. The second-order valence-electron chi connectivity index (χ2n) is 3.26. The van der Waals surface area contributed by atoms with Gasteiger partial charge < -0.3 is 9.16 Å². The van der Waals surface area contributed by atoms with Crippen molar-refractivity contribution >= 4 is 14.3 Å². The van der Waals surface area contributed by atoms with Gasteiger partial charge in [-0.15, -0.1) is 0 Å². The van der Waals surface area contributed by atoms with Gasteiger partial charge in [0.2, 0.25) is 6.10 Å². The number of carbonyl (C=O) groups excluding carboxylic acids is 1. The minimum atomic E-state index is -1.84. The molecule has 5 heteroatoms. The third kappa shape index (κ3) is 4.11. The van der Waals surface area contributed by atoms with Gasteiger partial charge in [0, 0.05) is 0 Å². The molecule has 1 atom stereocenters. The zero-order chi connectivity index (χ0) is 9.78. The van der Waals surface area contributed by atoms with Crippen LogP contribution in [0.1, 0.15) is 0 Å². The Hall–Kier alpha value is -0.863. The summed E-state index contributed by atoms with van der Waals surface area (Å²) >= 11 is 0. The normalized spacial score (nSPS) is 13.2. The van der Waals surface area contributed by atoms with Crippen molar-refractivity contribution in [2.45, 2.75) is 25.7 Å². The Labute approximate surface area is 73.2 Å². The average Bonchev–Trinajstić information content (AvgIpc) is 1.97. The van der Waals surface area contributed by atoms with E-state index >= 15 is 0 Å². The Kier molecular flexibility index (Phi) is 3.93. The summed E-state index contributed by atoms with van der Waals surface area (Å²) in [5.74, 6) is -0.625. The van der Waals surface area contributed by atoms with Gasteiger partial charge in [0.15, 0.2) is 8.32 Å².